The average molecular weight is 470 g/mol. The van der Waals surface area contributed by atoms with Crippen LogP contribution in [0.25, 0.3) is 10.9 Å². The largest absolute Gasteiger partial charge is 0.468 e. The fourth-order valence-electron chi connectivity index (χ4n) is 4.21. The molecule has 2 aromatic carbocycles. The zero-order valence-corrected chi connectivity index (χ0v) is 18.8. The predicted octanol–water partition coefficient (Wildman–Crippen LogP) is 3.09. The molecule has 6 rings (SSSR count). The highest BCUT2D eigenvalue weighted by Crippen LogP contribution is 2.35. The van der Waals surface area contributed by atoms with Crippen molar-refractivity contribution in [2.24, 2.45) is 0 Å². The molecular weight excluding hydrogens is 448 g/mol. The van der Waals surface area contributed by atoms with Crippen molar-refractivity contribution in [3.8, 4) is 11.5 Å². The Morgan fingerprint density at radius 2 is 1.83 bits per heavy atom. The molecule has 0 bridgehead atoms. The van der Waals surface area contributed by atoms with Gasteiger partial charge in [-0.1, -0.05) is 30.3 Å². The Morgan fingerprint density at radius 3 is 2.66 bits per heavy atom. The third-order valence-corrected chi connectivity index (χ3v) is 5.91. The van der Waals surface area contributed by atoms with E-state index in [0.29, 0.717) is 54.6 Å². The summed E-state index contributed by atoms with van der Waals surface area (Å²) in [7, 11) is 0. The van der Waals surface area contributed by atoms with Crippen molar-refractivity contribution < 1.29 is 13.9 Å². The number of nitrogens with zero attached hydrogens (tertiary/aromatic N) is 5. The van der Waals surface area contributed by atoms with Gasteiger partial charge < -0.3 is 18.9 Å². The Morgan fingerprint density at radius 1 is 0.971 bits per heavy atom. The van der Waals surface area contributed by atoms with Gasteiger partial charge in [-0.15, -0.1) is 5.10 Å². The van der Waals surface area contributed by atoms with E-state index >= 15 is 0 Å². The van der Waals surface area contributed by atoms with Crippen LogP contribution >= 0.6 is 0 Å². The van der Waals surface area contributed by atoms with E-state index in [-0.39, 0.29) is 12.4 Å². The SMILES string of the molecule is O=c1[nH]c2cc3c(cc2cc1CN(Cc1ccco1)Cc1nnnn1Cc1ccccc1)OCO3. The van der Waals surface area contributed by atoms with E-state index in [2.05, 4.69) is 25.4 Å². The molecule has 0 fully saturated rings. The molecule has 0 atom stereocenters. The fourth-order valence-corrected chi connectivity index (χ4v) is 4.21. The molecule has 0 saturated heterocycles. The van der Waals surface area contributed by atoms with Crippen LogP contribution in [0.15, 0.2) is 76.1 Å². The monoisotopic (exact) mass is 470 g/mol. The number of nitrogens with one attached hydrogen (secondary N) is 1. The Balaban J connectivity index is 1.29. The number of ether oxygens (including phenoxy) is 2. The number of hydrogen-bond acceptors (Lipinski definition) is 8. The van der Waals surface area contributed by atoms with Crippen LogP contribution in [0, 0.1) is 0 Å². The lowest BCUT2D eigenvalue weighted by molar-refractivity contribution is 0.174. The smallest absolute Gasteiger partial charge is 0.252 e. The molecule has 0 amide bonds. The second-order valence-corrected chi connectivity index (χ2v) is 8.38. The molecule has 0 saturated carbocycles. The van der Waals surface area contributed by atoms with Crippen LogP contribution in [-0.2, 0) is 26.2 Å². The minimum atomic E-state index is -0.162. The summed E-state index contributed by atoms with van der Waals surface area (Å²) < 4.78 is 18.3. The number of H-pyrrole nitrogens is 1. The summed E-state index contributed by atoms with van der Waals surface area (Å²) in [5, 5.41) is 13.2. The maximum absolute atomic E-state index is 13.0. The lowest BCUT2D eigenvalue weighted by Gasteiger charge is -2.20. The van der Waals surface area contributed by atoms with Crippen LogP contribution < -0.4 is 15.0 Å². The highest BCUT2D eigenvalue weighted by molar-refractivity contribution is 5.83. The molecule has 3 aromatic heterocycles. The van der Waals surface area contributed by atoms with Gasteiger partial charge in [0.1, 0.15) is 5.76 Å². The molecule has 5 aromatic rings. The first kappa shape index (κ1) is 21.1. The fraction of sp³-hybridized carbons (Fsp3) is 0.200. The maximum Gasteiger partial charge on any atom is 0.252 e. The molecule has 0 unspecified atom stereocenters. The average Bonchev–Trinajstić information content (AvgIpc) is 3.62. The van der Waals surface area contributed by atoms with Crippen molar-refractivity contribution >= 4 is 10.9 Å². The van der Waals surface area contributed by atoms with Gasteiger partial charge in [-0.05, 0) is 40.3 Å². The van der Waals surface area contributed by atoms with Gasteiger partial charge in [-0.25, -0.2) is 4.68 Å². The Kier molecular flexibility index (Phi) is 5.47. The number of pyridine rings is 1. The van der Waals surface area contributed by atoms with Crippen molar-refractivity contribution in [3.63, 3.8) is 0 Å². The molecule has 1 aliphatic rings. The van der Waals surface area contributed by atoms with Gasteiger partial charge in [0.25, 0.3) is 5.56 Å². The number of furan rings is 1. The van der Waals surface area contributed by atoms with E-state index in [1.165, 1.54) is 0 Å². The Labute approximate surface area is 199 Å². The molecule has 10 nitrogen and oxygen atoms in total. The molecular formula is C25H22N6O4. The van der Waals surface area contributed by atoms with E-state index in [4.69, 9.17) is 13.9 Å². The molecule has 0 spiro atoms. The van der Waals surface area contributed by atoms with E-state index in [9.17, 15) is 4.79 Å². The topological polar surface area (TPSA) is 111 Å². The second-order valence-electron chi connectivity index (χ2n) is 8.38. The third kappa shape index (κ3) is 4.51. The zero-order valence-electron chi connectivity index (χ0n) is 18.8. The van der Waals surface area contributed by atoms with Crippen molar-refractivity contribution in [1.29, 1.82) is 0 Å². The highest BCUT2D eigenvalue weighted by atomic mass is 16.7. The summed E-state index contributed by atoms with van der Waals surface area (Å²) in [4.78, 5) is 18.0. The lowest BCUT2D eigenvalue weighted by Crippen LogP contribution is -2.28. The quantitative estimate of drug-likeness (QED) is 0.368. The molecule has 35 heavy (non-hydrogen) atoms. The molecule has 1 aliphatic heterocycles. The number of aromatic nitrogens is 5. The van der Waals surface area contributed by atoms with Crippen LogP contribution in [0.1, 0.15) is 22.7 Å². The Hall–Kier alpha value is -4.44. The molecule has 10 heteroatoms. The van der Waals surface area contributed by atoms with Crippen LogP contribution in [0.2, 0.25) is 0 Å². The predicted molar refractivity (Wildman–Crippen MR) is 126 cm³/mol. The summed E-state index contributed by atoms with van der Waals surface area (Å²) >= 11 is 0. The first-order chi connectivity index (χ1) is 17.2. The number of tetrazole rings is 1. The van der Waals surface area contributed by atoms with Crippen molar-refractivity contribution in [3.05, 3.63) is 100.0 Å². The molecule has 0 aliphatic carbocycles. The van der Waals surface area contributed by atoms with Gasteiger partial charge >= 0.3 is 0 Å². The van der Waals surface area contributed by atoms with Gasteiger partial charge in [0.15, 0.2) is 17.3 Å². The van der Waals surface area contributed by atoms with E-state index in [1.54, 1.807) is 17.0 Å². The first-order valence-corrected chi connectivity index (χ1v) is 11.2. The maximum atomic E-state index is 13.0. The second kappa shape index (κ2) is 9.07. The summed E-state index contributed by atoms with van der Waals surface area (Å²) in [6, 6.07) is 19.3. The van der Waals surface area contributed by atoms with E-state index in [0.717, 1.165) is 16.7 Å². The van der Waals surface area contributed by atoms with E-state index < -0.39 is 0 Å². The number of benzene rings is 2. The van der Waals surface area contributed by atoms with Gasteiger partial charge in [-0.2, -0.15) is 0 Å². The highest BCUT2D eigenvalue weighted by Gasteiger charge is 2.19. The first-order valence-electron chi connectivity index (χ1n) is 11.2. The van der Waals surface area contributed by atoms with Gasteiger partial charge in [0.2, 0.25) is 6.79 Å². The minimum absolute atomic E-state index is 0.162. The van der Waals surface area contributed by atoms with Crippen molar-refractivity contribution in [2.45, 2.75) is 26.2 Å². The van der Waals surface area contributed by atoms with Crippen LogP contribution in [0.4, 0.5) is 0 Å². The molecule has 0 radical (unpaired) electrons. The molecule has 4 heterocycles. The van der Waals surface area contributed by atoms with Gasteiger partial charge in [0.05, 0.1) is 31.4 Å². The van der Waals surface area contributed by atoms with Gasteiger partial charge in [-0.3, -0.25) is 9.69 Å². The molecule has 1 N–H and O–H groups in total. The van der Waals surface area contributed by atoms with Crippen LogP contribution in [-0.4, -0.2) is 36.9 Å². The zero-order chi connectivity index (χ0) is 23.6. The van der Waals surface area contributed by atoms with E-state index in [1.807, 2.05) is 54.6 Å². The van der Waals surface area contributed by atoms with Crippen LogP contribution in [0.3, 0.4) is 0 Å². The minimum Gasteiger partial charge on any atom is -0.468 e. The number of aromatic amines is 1. The van der Waals surface area contributed by atoms with Crippen molar-refractivity contribution in [1.82, 2.24) is 30.1 Å². The van der Waals surface area contributed by atoms with Gasteiger partial charge in [0, 0.05) is 23.6 Å². The Bertz CT molecular complexity index is 1510. The standard InChI is InChI=1S/C25H22N6O4/c32-25-19(9-18-10-22-23(35-16-34-22)11-21(18)26-25)13-30(14-20-7-4-8-33-20)15-24-27-28-29-31(24)12-17-5-2-1-3-6-17/h1-11H,12-16H2,(H,26,32). The molecule has 176 valence electrons. The number of fused-ring (bicyclic) bond motifs is 2. The summed E-state index contributed by atoms with van der Waals surface area (Å²) in [5.41, 5.74) is 2.26. The lowest BCUT2D eigenvalue weighted by atomic mass is 10.1. The van der Waals surface area contributed by atoms with Crippen molar-refractivity contribution in [2.75, 3.05) is 6.79 Å². The summed E-state index contributed by atoms with van der Waals surface area (Å²) in [5.74, 6) is 2.78. The summed E-state index contributed by atoms with van der Waals surface area (Å²) in [6.45, 7) is 2.03. The number of hydrogen-bond donors (Lipinski definition) is 1. The van der Waals surface area contributed by atoms with Crippen LogP contribution in [0.5, 0.6) is 11.5 Å². The summed E-state index contributed by atoms with van der Waals surface area (Å²) in [6.07, 6.45) is 1.64. The number of rotatable bonds is 8. The normalized spacial score (nSPS) is 12.6. The third-order valence-electron chi connectivity index (χ3n) is 5.91.